The number of fused-ring (bicyclic) bond motifs is 2. The van der Waals surface area contributed by atoms with Crippen LogP contribution in [0.5, 0.6) is 0 Å². The minimum atomic E-state index is -1.15. The molecular weight excluding hydrogens is 672 g/mol. The molecule has 13 nitrogen and oxygen atoms in total. The number of pyridine rings is 1. The normalized spacial score (nSPS) is 16.7. The molecule has 0 saturated carbocycles. The van der Waals surface area contributed by atoms with Crippen molar-refractivity contribution < 1.29 is 19.5 Å². The van der Waals surface area contributed by atoms with E-state index >= 15 is 0 Å². The number of likely N-dealkylation sites (tertiary alicyclic amines) is 1. The van der Waals surface area contributed by atoms with Crippen molar-refractivity contribution >= 4 is 56.8 Å². The summed E-state index contributed by atoms with van der Waals surface area (Å²) in [6.45, 7) is 5.90. The Morgan fingerprint density at radius 2 is 1.65 bits per heavy atom. The fourth-order valence-electron chi connectivity index (χ4n) is 6.67. The first-order valence-corrected chi connectivity index (χ1v) is 18.0. The largest absolute Gasteiger partial charge is 0.388 e. The molecule has 2 aliphatic heterocycles. The number of rotatable bonds is 12. The molecule has 0 aliphatic carbocycles. The standard InChI is InChI=1S/C37H45ClN8O5/c1-43-18-20-44(21-19-43)15-10-33(47)42-27-6-8-29-32(23-27)41-25-46(36(29)50)24-37(51)11-16-45(17-12-37)34(48)4-2-3-13-40-35(49)26-5-7-28-30(38)9-14-39-31(28)22-26/h5-9,14,22-23,25,51H,2-4,10-13,15-21,24H2,1H3,(H,40,49)(H,42,47). The van der Waals surface area contributed by atoms with Gasteiger partial charge < -0.3 is 30.4 Å². The van der Waals surface area contributed by atoms with Crippen molar-refractivity contribution in [1.29, 1.82) is 0 Å². The van der Waals surface area contributed by atoms with Crippen molar-refractivity contribution in [3.63, 3.8) is 0 Å². The number of hydrogen-bond acceptors (Lipinski definition) is 9. The Morgan fingerprint density at radius 1 is 0.902 bits per heavy atom. The number of nitrogens with zero attached hydrogens (tertiary/aromatic N) is 6. The lowest BCUT2D eigenvalue weighted by Crippen LogP contribution is -2.49. The summed E-state index contributed by atoms with van der Waals surface area (Å²) in [7, 11) is 2.10. The SMILES string of the molecule is CN1CCN(CCC(=O)Nc2ccc3c(=O)n(CC4(O)CCN(C(=O)CCCCNC(=O)c5ccc6c(Cl)ccnc6c5)CC4)cnc3c2)CC1. The fourth-order valence-corrected chi connectivity index (χ4v) is 6.88. The first kappa shape index (κ1) is 36.4. The monoisotopic (exact) mass is 716 g/mol. The molecule has 0 unspecified atom stereocenters. The summed E-state index contributed by atoms with van der Waals surface area (Å²) in [5, 5.41) is 18.9. The predicted octanol–water partition coefficient (Wildman–Crippen LogP) is 3.13. The molecule has 4 aromatic rings. The second kappa shape index (κ2) is 16.3. The molecule has 14 heteroatoms. The van der Waals surface area contributed by atoms with E-state index in [1.165, 1.54) is 10.9 Å². The lowest BCUT2D eigenvalue weighted by Gasteiger charge is -2.38. The van der Waals surface area contributed by atoms with Crippen LogP contribution in [0.25, 0.3) is 21.8 Å². The molecule has 0 spiro atoms. The zero-order valence-electron chi connectivity index (χ0n) is 28.9. The number of nitrogens with one attached hydrogen (secondary N) is 2. The summed E-state index contributed by atoms with van der Waals surface area (Å²) in [5.41, 5.74) is 0.782. The van der Waals surface area contributed by atoms with Gasteiger partial charge in [0.15, 0.2) is 0 Å². The van der Waals surface area contributed by atoms with Crippen molar-refractivity contribution in [2.24, 2.45) is 0 Å². The topological polar surface area (TPSA) is 153 Å². The number of anilines is 1. The molecule has 2 aromatic heterocycles. The molecule has 4 heterocycles. The van der Waals surface area contributed by atoms with E-state index in [-0.39, 0.29) is 29.8 Å². The number of hydrogen-bond donors (Lipinski definition) is 3. The number of piperazine rings is 1. The minimum Gasteiger partial charge on any atom is -0.388 e. The number of aromatic nitrogens is 3. The van der Waals surface area contributed by atoms with Gasteiger partial charge in [0, 0.05) is 88.0 Å². The number of piperidine rings is 1. The zero-order chi connectivity index (χ0) is 36.0. The highest BCUT2D eigenvalue weighted by Gasteiger charge is 2.34. The molecule has 3 amide bonds. The highest BCUT2D eigenvalue weighted by atomic mass is 35.5. The van der Waals surface area contributed by atoms with E-state index in [9.17, 15) is 24.3 Å². The molecule has 6 rings (SSSR count). The van der Waals surface area contributed by atoms with E-state index in [1.54, 1.807) is 53.6 Å². The first-order valence-electron chi connectivity index (χ1n) is 17.6. The third kappa shape index (κ3) is 9.28. The molecule has 2 aliphatic rings. The van der Waals surface area contributed by atoms with Crippen molar-refractivity contribution in [1.82, 2.24) is 34.6 Å². The lowest BCUT2D eigenvalue weighted by molar-refractivity contribution is -0.136. The van der Waals surface area contributed by atoms with Crippen LogP contribution in [0.4, 0.5) is 5.69 Å². The summed E-state index contributed by atoms with van der Waals surface area (Å²) >= 11 is 6.19. The highest BCUT2D eigenvalue weighted by molar-refractivity contribution is 6.35. The zero-order valence-corrected chi connectivity index (χ0v) is 29.7. The van der Waals surface area contributed by atoms with Crippen LogP contribution in [0.15, 0.2) is 59.8 Å². The van der Waals surface area contributed by atoms with E-state index in [2.05, 4.69) is 37.4 Å². The summed E-state index contributed by atoms with van der Waals surface area (Å²) < 4.78 is 1.42. The van der Waals surface area contributed by atoms with Gasteiger partial charge in [-0.05, 0) is 69.1 Å². The van der Waals surface area contributed by atoms with Crippen molar-refractivity contribution in [2.75, 3.05) is 64.7 Å². The quantitative estimate of drug-likeness (QED) is 0.188. The maximum Gasteiger partial charge on any atom is 0.261 e. The number of aliphatic hydroxyl groups is 1. The predicted molar refractivity (Wildman–Crippen MR) is 197 cm³/mol. The Morgan fingerprint density at radius 3 is 2.43 bits per heavy atom. The fraction of sp³-hybridized carbons (Fsp3) is 0.459. The molecule has 2 saturated heterocycles. The summed E-state index contributed by atoms with van der Waals surface area (Å²) in [5.74, 6) is -0.283. The van der Waals surface area contributed by atoms with Crippen molar-refractivity contribution in [3.8, 4) is 0 Å². The van der Waals surface area contributed by atoms with Gasteiger partial charge in [0.25, 0.3) is 11.5 Å². The van der Waals surface area contributed by atoms with E-state index < -0.39 is 5.60 Å². The van der Waals surface area contributed by atoms with Crippen LogP contribution in [0.2, 0.25) is 5.02 Å². The molecular formula is C37H45ClN8O5. The molecule has 3 N–H and O–H groups in total. The number of unbranched alkanes of at least 4 members (excludes halogenated alkanes) is 1. The number of halogens is 1. The average molecular weight is 717 g/mol. The lowest BCUT2D eigenvalue weighted by atomic mass is 9.91. The van der Waals surface area contributed by atoms with Crippen LogP contribution in [-0.2, 0) is 16.1 Å². The van der Waals surface area contributed by atoms with Crippen LogP contribution in [-0.4, -0.2) is 117 Å². The summed E-state index contributed by atoms with van der Waals surface area (Å²) in [6.07, 6.45) is 5.72. The Labute approximate surface area is 301 Å². The van der Waals surface area contributed by atoms with Gasteiger partial charge in [-0.3, -0.25) is 28.7 Å². The maximum atomic E-state index is 13.3. The van der Waals surface area contributed by atoms with E-state index in [0.717, 1.165) is 31.6 Å². The number of likely N-dealkylation sites (N-methyl/N-ethyl adjacent to an activating group) is 1. The Bertz CT molecular complexity index is 1950. The van der Waals surface area contributed by atoms with E-state index in [1.807, 2.05) is 0 Å². The van der Waals surface area contributed by atoms with Gasteiger partial charge in [-0.1, -0.05) is 17.7 Å². The number of carbonyl (C=O) groups excluding carboxylic acids is 3. The van der Waals surface area contributed by atoms with Gasteiger partial charge in [0.2, 0.25) is 11.8 Å². The molecule has 51 heavy (non-hydrogen) atoms. The molecule has 0 atom stereocenters. The number of amides is 3. The second-order valence-corrected chi connectivity index (χ2v) is 14.1. The van der Waals surface area contributed by atoms with Crippen LogP contribution in [0.3, 0.4) is 0 Å². The van der Waals surface area contributed by atoms with Gasteiger partial charge >= 0.3 is 0 Å². The number of carbonyl (C=O) groups is 3. The molecule has 0 radical (unpaired) electrons. The average Bonchev–Trinajstić information content (AvgIpc) is 3.12. The van der Waals surface area contributed by atoms with E-state index in [4.69, 9.17) is 11.6 Å². The van der Waals surface area contributed by atoms with Gasteiger partial charge in [-0.15, -0.1) is 0 Å². The third-order valence-corrected chi connectivity index (χ3v) is 10.3. The minimum absolute atomic E-state index is 0.00706. The van der Waals surface area contributed by atoms with Crippen molar-refractivity contribution in [3.05, 3.63) is 75.9 Å². The highest BCUT2D eigenvalue weighted by Crippen LogP contribution is 2.25. The van der Waals surface area contributed by atoms with Crippen LogP contribution in [0.1, 0.15) is 48.9 Å². The Hall–Kier alpha value is -4.43. The second-order valence-electron chi connectivity index (χ2n) is 13.7. The summed E-state index contributed by atoms with van der Waals surface area (Å²) in [4.78, 5) is 66.5. The van der Waals surface area contributed by atoms with Gasteiger partial charge in [-0.25, -0.2) is 4.98 Å². The maximum absolute atomic E-state index is 13.3. The number of benzene rings is 2. The van der Waals surface area contributed by atoms with Gasteiger partial charge in [-0.2, -0.15) is 0 Å². The Kier molecular flexibility index (Phi) is 11.6. The van der Waals surface area contributed by atoms with E-state index in [0.29, 0.717) is 97.4 Å². The van der Waals surface area contributed by atoms with Crippen LogP contribution >= 0.6 is 11.6 Å². The van der Waals surface area contributed by atoms with Gasteiger partial charge in [0.1, 0.15) is 0 Å². The smallest absolute Gasteiger partial charge is 0.261 e. The Balaban J connectivity index is 0.921. The molecule has 270 valence electrons. The van der Waals surface area contributed by atoms with Gasteiger partial charge in [0.05, 0.1) is 39.9 Å². The van der Waals surface area contributed by atoms with Crippen LogP contribution < -0.4 is 16.2 Å². The third-order valence-electron chi connectivity index (χ3n) is 9.93. The van der Waals surface area contributed by atoms with Crippen LogP contribution in [0, 0.1) is 0 Å². The molecule has 2 aromatic carbocycles. The summed E-state index contributed by atoms with van der Waals surface area (Å²) in [6, 6.07) is 12.0. The van der Waals surface area contributed by atoms with Crippen molar-refractivity contribution in [2.45, 2.75) is 50.7 Å². The molecule has 0 bridgehead atoms. The first-order chi connectivity index (χ1) is 24.6. The molecule has 2 fully saturated rings.